The topological polar surface area (TPSA) is 94.6 Å². The van der Waals surface area contributed by atoms with Crippen LogP contribution in [0.1, 0.15) is 32.7 Å². The number of nitrogens with zero attached hydrogens (tertiary/aromatic N) is 2. The number of benzene rings is 3. The summed E-state index contributed by atoms with van der Waals surface area (Å²) >= 11 is 0. The van der Waals surface area contributed by atoms with Gasteiger partial charge in [-0.2, -0.15) is 0 Å². The molecule has 0 aromatic heterocycles. The lowest BCUT2D eigenvalue weighted by Gasteiger charge is -2.29. The van der Waals surface area contributed by atoms with E-state index < -0.39 is 10.1 Å². The van der Waals surface area contributed by atoms with E-state index in [0.29, 0.717) is 17.7 Å². The molecule has 0 atom stereocenters. The zero-order valence-electron chi connectivity index (χ0n) is 19.2. The lowest BCUT2D eigenvalue weighted by atomic mass is 9.94. The van der Waals surface area contributed by atoms with Crippen LogP contribution in [0.4, 0.5) is 0 Å². The molecule has 1 aliphatic heterocycles. The fourth-order valence-electron chi connectivity index (χ4n) is 3.69. The number of amides is 2. The third-order valence-corrected chi connectivity index (χ3v) is 6.23. The van der Waals surface area contributed by atoms with Crippen molar-refractivity contribution in [3.8, 4) is 0 Å². The number of hydrogen-bond acceptors (Lipinski definition) is 5. The van der Waals surface area contributed by atoms with Gasteiger partial charge < -0.3 is 9.04 Å². The molecule has 0 saturated carbocycles. The molecule has 1 heterocycles. The maximum atomic E-state index is 12.7. The van der Waals surface area contributed by atoms with Gasteiger partial charge in [0.05, 0.1) is 32.6 Å². The first-order valence-electron chi connectivity index (χ1n) is 10.6. The van der Waals surface area contributed by atoms with E-state index in [1.54, 1.807) is 12.1 Å². The summed E-state index contributed by atoms with van der Waals surface area (Å²) in [5, 5.41) is 1.74. The summed E-state index contributed by atoms with van der Waals surface area (Å²) in [6.07, 6.45) is 0.805. The normalized spacial score (nSPS) is 13.7. The lowest BCUT2D eigenvalue weighted by molar-refractivity contribution is -0.870. The predicted octanol–water partition coefficient (Wildman–Crippen LogP) is 3.43. The molecule has 0 fully saturated rings. The molecule has 2 amide bonds. The maximum absolute atomic E-state index is 12.7. The highest BCUT2D eigenvalue weighted by atomic mass is 32.2. The Kier molecular flexibility index (Phi) is 7.02. The highest BCUT2D eigenvalue weighted by Gasteiger charge is 2.32. The number of carbonyl (C=O) groups excluding carboxylic acids is 2. The fraction of sp³-hybridized carbons (Fsp3) is 0.280. The molecule has 0 radical (unpaired) electrons. The minimum atomic E-state index is -4.27. The van der Waals surface area contributed by atoms with Crippen molar-refractivity contribution >= 4 is 32.7 Å². The van der Waals surface area contributed by atoms with Crippen LogP contribution in [0.2, 0.25) is 0 Å². The maximum Gasteiger partial charge on any atom is 0.261 e. The average molecular weight is 469 g/mol. The van der Waals surface area contributed by atoms with Gasteiger partial charge in [0.1, 0.15) is 10.1 Å². The summed E-state index contributed by atoms with van der Waals surface area (Å²) in [5.74, 6) is -0.341. The van der Waals surface area contributed by atoms with E-state index in [1.807, 2.05) is 43.3 Å². The van der Waals surface area contributed by atoms with E-state index in [2.05, 4.69) is 21.1 Å². The average Bonchev–Trinajstić information content (AvgIpc) is 2.73. The van der Waals surface area contributed by atoms with Crippen LogP contribution in [0.15, 0.2) is 65.6 Å². The molecule has 174 valence electrons. The van der Waals surface area contributed by atoms with Crippen LogP contribution in [0.25, 0.3) is 10.8 Å². The zero-order valence-corrected chi connectivity index (χ0v) is 20.1. The Bertz CT molecular complexity index is 1240. The summed E-state index contributed by atoms with van der Waals surface area (Å²) in [5.41, 5.74) is 2.20. The van der Waals surface area contributed by atoms with E-state index in [4.69, 9.17) is 0 Å². The van der Waals surface area contributed by atoms with Gasteiger partial charge in [-0.3, -0.25) is 14.5 Å². The Morgan fingerprint density at radius 3 is 1.82 bits per heavy atom. The van der Waals surface area contributed by atoms with Crippen molar-refractivity contribution in [1.29, 1.82) is 0 Å². The van der Waals surface area contributed by atoms with Gasteiger partial charge in [0.15, 0.2) is 0 Å². The Morgan fingerprint density at radius 1 is 0.848 bits per heavy atom. The summed E-state index contributed by atoms with van der Waals surface area (Å²) in [7, 11) is 2.05. The third-order valence-electron chi connectivity index (χ3n) is 5.38. The summed E-state index contributed by atoms with van der Waals surface area (Å²) < 4.78 is 32.0. The third kappa shape index (κ3) is 5.84. The molecule has 0 spiro atoms. The van der Waals surface area contributed by atoms with Crippen molar-refractivity contribution in [2.45, 2.75) is 18.2 Å². The van der Waals surface area contributed by atoms with Crippen molar-refractivity contribution in [2.75, 3.05) is 34.2 Å². The number of carbonyl (C=O) groups is 2. The van der Waals surface area contributed by atoms with Gasteiger partial charge in [-0.05, 0) is 36.6 Å². The van der Waals surface area contributed by atoms with Crippen LogP contribution in [0.3, 0.4) is 0 Å². The number of imide groups is 1. The van der Waals surface area contributed by atoms with Crippen LogP contribution in [-0.2, 0) is 10.1 Å². The van der Waals surface area contributed by atoms with Crippen molar-refractivity contribution in [1.82, 2.24) is 4.90 Å². The summed E-state index contributed by atoms with van der Waals surface area (Å²) in [6.45, 7) is 3.21. The van der Waals surface area contributed by atoms with Crippen molar-refractivity contribution in [3.05, 3.63) is 77.4 Å². The summed E-state index contributed by atoms with van der Waals surface area (Å²) in [6, 6.07) is 17.0. The van der Waals surface area contributed by atoms with E-state index in [-0.39, 0.29) is 16.7 Å². The minimum Gasteiger partial charge on any atom is -0.744 e. The summed E-state index contributed by atoms with van der Waals surface area (Å²) in [4.78, 5) is 26.6. The Hall–Kier alpha value is -3.07. The van der Waals surface area contributed by atoms with E-state index in [1.165, 1.54) is 17.0 Å². The number of aryl methyl sites for hydroxylation is 1. The molecule has 0 unspecified atom stereocenters. The second-order valence-electron chi connectivity index (χ2n) is 9.11. The minimum absolute atomic E-state index is 0.171. The standard InChI is InChI=1S/C18H21N2O2.C7H8O3S/c1-20(2,3)12-6-11-19-17(21)14-9-4-7-13-8-5-10-15(16(13)14)18(19)22;1-6-2-4-7(5-3-6)11(8,9)10/h4-5,7-10H,6,11-12H2,1-3H3;2-5H,1H3,(H,8,9,10)/q+1;/p-1. The largest absolute Gasteiger partial charge is 0.744 e. The van der Waals surface area contributed by atoms with Crippen LogP contribution in [0, 0.1) is 6.92 Å². The van der Waals surface area contributed by atoms with Gasteiger partial charge in [0.2, 0.25) is 0 Å². The fourth-order valence-corrected chi connectivity index (χ4v) is 4.16. The Morgan fingerprint density at radius 2 is 1.36 bits per heavy atom. The van der Waals surface area contributed by atoms with Gasteiger partial charge in [-0.15, -0.1) is 0 Å². The molecule has 0 aliphatic carbocycles. The highest BCUT2D eigenvalue weighted by molar-refractivity contribution is 7.85. The zero-order chi connectivity index (χ0) is 24.4. The molecule has 0 N–H and O–H groups in total. The molecule has 3 aromatic carbocycles. The van der Waals surface area contributed by atoms with Gasteiger partial charge in [-0.25, -0.2) is 8.42 Å². The molecule has 33 heavy (non-hydrogen) atoms. The molecule has 3 aromatic rings. The van der Waals surface area contributed by atoms with E-state index in [9.17, 15) is 22.6 Å². The van der Waals surface area contributed by atoms with Crippen LogP contribution in [-0.4, -0.2) is 68.4 Å². The highest BCUT2D eigenvalue weighted by Crippen LogP contribution is 2.29. The molecule has 8 heteroatoms. The molecular formula is C25H28N2O5S. The van der Waals surface area contributed by atoms with Crippen molar-refractivity contribution in [3.63, 3.8) is 0 Å². The van der Waals surface area contributed by atoms with Crippen LogP contribution in [0.5, 0.6) is 0 Å². The Balaban J connectivity index is 0.000000235. The second kappa shape index (κ2) is 9.43. The van der Waals surface area contributed by atoms with Gasteiger partial charge >= 0.3 is 0 Å². The van der Waals surface area contributed by atoms with Crippen molar-refractivity contribution < 1.29 is 27.0 Å². The van der Waals surface area contributed by atoms with E-state index in [0.717, 1.165) is 33.8 Å². The molecule has 4 rings (SSSR count). The van der Waals surface area contributed by atoms with Crippen LogP contribution >= 0.6 is 0 Å². The number of quaternary nitrogens is 1. The molecule has 7 nitrogen and oxygen atoms in total. The van der Waals surface area contributed by atoms with Gasteiger partial charge in [0.25, 0.3) is 11.8 Å². The molecule has 0 saturated heterocycles. The lowest BCUT2D eigenvalue weighted by Crippen LogP contribution is -2.43. The van der Waals surface area contributed by atoms with E-state index >= 15 is 0 Å². The van der Waals surface area contributed by atoms with Crippen molar-refractivity contribution in [2.24, 2.45) is 0 Å². The van der Waals surface area contributed by atoms with Gasteiger partial charge in [0, 0.05) is 29.5 Å². The number of rotatable bonds is 5. The SMILES string of the molecule is C[N+](C)(C)CCCN1C(=O)c2cccc3cccc(c23)C1=O.Cc1ccc(S(=O)(=O)[O-])cc1. The van der Waals surface area contributed by atoms with Crippen LogP contribution < -0.4 is 0 Å². The molecule has 0 bridgehead atoms. The predicted molar refractivity (Wildman–Crippen MR) is 126 cm³/mol. The van der Waals surface area contributed by atoms with Gasteiger partial charge in [-0.1, -0.05) is 42.0 Å². The first-order valence-corrected chi connectivity index (χ1v) is 12.0. The molecular weight excluding hydrogens is 440 g/mol. The molecule has 1 aliphatic rings. The first kappa shape index (κ1) is 24.6. The smallest absolute Gasteiger partial charge is 0.261 e. The Labute approximate surface area is 194 Å². The number of hydrogen-bond donors (Lipinski definition) is 0. The second-order valence-corrected chi connectivity index (χ2v) is 10.5. The monoisotopic (exact) mass is 468 g/mol. The quantitative estimate of drug-likeness (QED) is 0.325. The first-order chi connectivity index (χ1) is 15.4.